The Bertz CT molecular complexity index is 932. The second kappa shape index (κ2) is 7.19. The molecule has 0 N–H and O–H groups in total. The standard InChI is InChI=1S/C22H25N3.CH3.Al/c1-15(2)18-9-6-10-19(16(3)4)22(18)24-14-17-8-5-11-21(25-17)20-12-7-13-23-20;;/h5-13,15-16H,14H2,1-4H3;1H3;/q-2;;+2. The van der Waals surface area contributed by atoms with Gasteiger partial charge in [0.1, 0.15) is 0 Å². The molecule has 1 aliphatic heterocycles. The molecular weight excluding hydrogens is 345 g/mol. The third kappa shape index (κ3) is 3.22. The van der Waals surface area contributed by atoms with Gasteiger partial charge in [-0.2, -0.15) is 0 Å². The molecule has 0 aliphatic carbocycles. The maximum Gasteiger partial charge on any atom is 0.575 e. The topological polar surface area (TPSA) is 21.1 Å². The van der Waals surface area contributed by atoms with Crippen molar-refractivity contribution in [3.8, 4) is 11.4 Å². The minimum absolute atomic E-state index is 0.494. The van der Waals surface area contributed by atoms with Crippen LogP contribution in [0.3, 0.4) is 0 Å². The lowest BCUT2D eigenvalue weighted by atomic mass is 9.92. The van der Waals surface area contributed by atoms with Gasteiger partial charge in [-0.1, -0.05) is 57.7 Å². The number of pyridine rings is 1. The Morgan fingerprint density at radius 3 is 2.22 bits per heavy atom. The van der Waals surface area contributed by atoms with Crippen LogP contribution in [0.15, 0.2) is 54.7 Å². The van der Waals surface area contributed by atoms with Gasteiger partial charge in [-0.15, -0.1) is 0 Å². The fourth-order valence-corrected chi connectivity index (χ4v) is 6.61. The molecule has 2 aromatic heterocycles. The van der Waals surface area contributed by atoms with Crippen molar-refractivity contribution in [1.29, 1.82) is 0 Å². The summed E-state index contributed by atoms with van der Waals surface area (Å²) in [4.78, 5) is 4.96. The average molecular weight is 373 g/mol. The van der Waals surface area contributed by atoms with Crippen LogP contribution in [-0.4, -0.2) is 23.1 Å². The van der Waals surface area contributed by atoms with Crippen LogP contribution in [-0.2, 0) is 6.54 Å². The maximum absolute atomic E-state index is 4.96. The first kappa shape index (κ1) is 18.4. The zero-order chi connectivity index (χ0) is 19.1. The van der Waals surface area contributed by atoms with Gasteiger partial charge in [0.25, 0.3) is 0 Å². The van der Waals surface area contributed by atoms with E-state index in [1.54, 1.807) is 0 Å². The van der Waals surface area contributed by atoms with Crippen LogP contribution in [0.25, 0.3) is 11.4 Å². The van der Waals surface area contributed by atoms with Crippen molar-refractivity contribution in [3.05, 3.63) is 71.5 Å². The van der Waals surface area contributed by atoms with Crippen LogP contribution in [0.5, 0.6) is 0 Å². The van der Waals surface area contributed by atoms with Gasteiger partial charge in [-0.3, -0.25) is 0 Å². The van der Waals surface area contributed by atoms with E-state index in [1.807, 2.05) is 0 Å². The molecule has 0 radical (unpaired) electrons. The first-order valence-corrected chi connectivity index (χ1v) is 12.2. The zero-order valence-electron chi connectivity index (χ0n) is 17.0. The Labute approximate surface area is 167 Å². The molecule has 3 heterocycles. The van der Waals surface area contributed by atoms with Crippen molar-refractivity contribution in [2.24, 2.45) is 0 Å². The minimum atomic E-state index is -1.46. The van der Waals surface area contributed by atoms with Crippen LogP contribution < -0.4 is 3.88 Å². The van der Waals surface area contributed by atoms with Gasteiger partial charge in [0.15, 0.2) is 0 Å². The van der Waals surface area contributed by atoms with Crippen LogP contribution in [0, 0.1) is 0 Å². The lowest BCUT2D eigenvalue weighted by molar-refractivity contribution is 0.811. The Morgan fingerprint density at radius 2 is 1.56 bits per heavy atom. The number of aromatic nitrogens is 2. The summed E-state index contributed by atoms with van der Waals surface area (Å²) >= 11 is -1.46. The largest absolute Gasteiger partial charge is 0.575 e. The highest BCUT2D eigenvalue weighted by molar-refractivity contribution is 6.60. The molecule has 0 fully saturated rings. The van der Waals surface area contributed by atoms with Crippen LogP contribution in [0.4, 0.5) is 5.69 Å². The van der Waals surface area contributed by atoms with Crippen LogP contribution >= 0.6 is 0 Å². The molecule has 1 aliphatic rings. The molecule has 0 spiro atoms. The van der Waals surface area contributed by atoms with E-state index in [4.69, 9.17) is 4.98 Å². The van der Waals surface area contributed by atoms with Gasteiger partial charge in [0.05, 0.1) is 11.4 Å². The molecule has 0 unspecified atom stereocenters. The molecule has 0 saturated carbocycles. The van der Waals surface area contributed by atoms with Gasteiger partial charge >= 0.3 is 14.6 Å². The summed E-state index contributed by atoms with van der Waals surface area (Å²) in [6.07, 6.45) is 2.24. The molecule has 3 nitrogen and oxygen atoms in total. The molecular formula is C23H28AlN3. The Kier molecular flexibility index (Phi) is 4.88. The number of benzene rings is 1. The van der Waals surface area contributed by atoms with Crippen molar-refractivity contribution in [1.82, 2.24) is 8.53 Å². The number of para-hydroxylation sites is 1. The minimum Gasteiger partial charge on any atom is -0.439 e. The summed E-state index contributed by atoms with van der Waals surface area (Å²) < 4.78 is 5.17. The summed E-state index contributed by atoms with van der Waals surface area (Å²) in [5.41, 5.74) is 7.84. The highest BCUT2D eigenvalue weighted by Crippen LogP contribution is 2.38. The third-order valence-corrected chi connectivity index (χ3v) is 8.26. The van der Waals surface area contributed by atoms with Crippen molar-refractivity contribution in [2.45, 2.75) is 51.9 Å². The summed E-state index contributed by atoms with van der Waals surface area (Å²) in [6.45, 7) is 10.1. The van der Waals surface area contributed by atoms with E-state index in [0.717, 1.165) is 17.9 Å². The summed E-state index contributed by atoms with van der Waals surface area (Å²) in [5.74, 6) is 3.43. The van der Waals surface area contributed by atoms with Gasteiger partial charge in [0, 0.05) is 17.9 Å². The second-order valence-corrected chi connectivity index (χ2v) is 10.6. The SMILES string of the molecule is CC(C)c1cccc(C(C)C)c1[N]1Cc2cccc(n2)-c2ccc[n]2[Al]1[CH3]. The fraction of sp³-hybridized carbons (Fsp3) is 0.348. The highest BCUT2D eigenvalue weighted by atomic mass is 27.2. The first-order valence-electron chi connectivity index (χ1n) is 10.00. The third-order valence-electron chi connectivity index (χ3n) is 5.66. The van der Waals surface area contributed by atoms with Gasteiger partial charge in [-0.05, 0) is 53.4 Å². The summed E-state index contributed by atoms with van der Waals surface area (Å²) in [7, 11) is 0. The zero-order valence-corrected chi connectivity index (χ0v) is 18.1. The highest BCUT2D eigenvalue weighted by Gasteiger charge is 2.33. The molecule has 4 heteroatoms. The first-order chi connectivity index (χ1) is 13.0. The van der Waals surface area contributed by atoms with E-state index in [0.29, 0.717) is 11.8 Å². The van der Waals surface area contributed by atoms with E-state index in [2.05, 4.69) is 95.6 Å². The molecule has 0 amide bonds. The van der Waals surface area contributed by atoms with E-state index >= 15 is 0 Å². The quantitative estimate of drug-likeness (QED) is 0.542. The number of rotatable bonds is 3. The summed E-state index contributed by atoms with van der Waals surface area (Å²) in [6, 6.07) is 17.7. The van der Waals surface area contributed by atoms with Crippen LogP contribution in [0.2, 0.25) is 5.79 Å². The smallest absolute Gasteiger partial charge is 0.439 e. The number of hydrogen-bond acceptors (Lipinski definition) is 2. The molecule has 4 rings (SSSR count). The summed E-state index contributed by atoms with van der Waals surface area (Å²) in [5, 5.41) is 0. The lowest BCUT2D eigenvalue weighted by Gasteiger charge is -2.36. The molecule has 138 valence electrons. The molecule has 0 atom stereocenters. The second-order valence-electron chi connectivity index (χ2n) is 8.17. The maximum atomic E-state index is 4.96. The van der Waals surface area contributed by atoms with Crippen molar-refractivity contribution in [2.75, 3.05) is 3.88 Å². The average Bonchev–Trinajstić information content (AvgIpc) is 3.14. The van der Waals surface area contributed by atoms with Crippen molar-refractivity contribution in [3.63, 3.8) is 0 Å². The number of nitrogens with zero attached hydrogens (tertiary/aromatic N) is 3. The Morgan fingerprint density at radius 1 is 0.889 bits per heavy atom. The Balaban J connectivity index is 1.96. The number of anilines is 1. The Hall–Kier alpha value is -2.02. The predicted octanol–water partition coefficient (Wildman–Crippen LogP) is 5.78. The molecule has 2 bridgehead atoms. The van der Waals surface area contributed by atoms with Gasteiger partial charge in [-0.25, -0.2) is 4.98 Å². The van der Waals surface area contributed by atoms with E-state index < -0.39 is 14.6 Å². The van der Waals surface area contributed by atoms with E-state index in [9.17, 15) is 0 Å². The predicted molar refractivity (Wildman–Crippen MR) is 115 cm³/mol. The molecule has 3 aromatic rings. The van der Waals surface area contributed by atoms with E-state index in [-0.39, 0.29) is 0 Å². The van der Waals surface area contributed by atoms with Crippen LogP contribution in [0.1, 0.15) is 56.4 Å². The fourth-order valence-electron chi connectivity index (χ4n) is 4.21. The van der Waals surface area contributed by atoms with Gasteiger partial charge < -0.3 is 7.43 Å². The van der Waals surface area contributed by atoms with Crippen molar-refractivity contribution < 1.29 is 0 Å². The molecule has 0 saturated heterocycles. The molecule has 1 aromatic carbocycles. The van der Waals surface area contributed by atoms with E-state index in [1.165, 1.54) is 22.5 Å². The molecule has 27 heavy (non-hydrogen) atoms. The number of hydrogen-bond donors (Lipinski definition) is 0. The lowest BCUT2D eigenvalue weighted by Crippen LogP contribution is -2.44. The monoisotopic (exact) mass is 373 g/mol. The normalized spacial score (nSPS) is 13.7. The van der Waals surface area contributed by atoms with Crippen molar-refractivity contribution >= 4 is 20.3 Å². The number of fused-ring (bicyclic) bond motifs is 4. The van der Waals surface area contributed by atoms with Gasteiger partial charge in [0.2, 0.25) is 0 Å².